The van der Waals surface area contributed by atoms with E-state index in [1.807, 2.05) is 11.8 Å². The Kier molecular flexibility index (Phi) is 4.02. The van der Waals surface area contributed by atoms with Crippen LogP contribution in [0.5, 0.6) is 0 Å². The maximum absolute atomic E-state index is 12.5. The van der Waals surface area contributed by atoms with E-state index in [9.17, 15) is 4.79 Å². The Bertz CT molecular complexity index is 503. The molecule has 2 aliphatic heterocycles. The molecule has 21 heavy (non-hydrogen) atoms. The number of amides is 1. The van der Waals surface area contributed by atoms with Gasteiger partial charge in [-0.15, -0.1) is 0 Å². The Morgan fingerprint density at radius 1 is 1.29 bits per heavy atom. The van der Waals surface area contributed by atoms with Gasteiger partial charge in [-0.1, -0.05) is 5.16 Å². The molecule has 1 amide bonds. The fourth-order valence-corrected chi connectivity index (χ4v) is 3.94. The molecule has 2 aliphatic rings. The Morgan fingerprint density at radius 3 is 2.62 bits per heavy atom. The summed E-state index contributed by atoms with van der Waals surface area (Å²) >= 11 is 0. The maximum atomic E-state index is 12.5. The highest BCUT2D eigenvalue weighted by Crippen LogP contribution is 2.30. The van der Waals surface area contributed by atoms with E-state index in [1.165, 1.54) is 19.3 Å². The molecule has 2 saturated heterocycles. The van der Waals surface area contributed by atoms with Crippen molar-refractivity contribution in [2.75, 3.05) is 13.1 Å². The first-order valence-electron chi connectivity index (χ1n) is 8.06. The van der Waals surface area contributed by atoms with Crippen LogP contribution in [-0.2, 0) is 0 Å². The minimum atomic E-state index is -0.0141. The number of aromatic nitrogens is 1. The second-order valence-electron chi connectivity index (χ2n) is 6.60. The molecule has 116 valence electrons. The van der Waals surface area contributed by atoms with E-state index >= 15 is 0 Å². The van der Waals surface area contributed by atoms with Crippen molar-refractivity contribution < 1.29 is 9.32 Å². The Labute approximate surface area is 126 Å². The number of nitrogens with zero attached hydrogens (tertiary/aromatic N) is 3. The molecule has 0 aromatic carbocycles. The van der Waals surface area contributed by atoms with Crippen LogP contribution in [-0.4, -0.2) is 52.1 Å². The molecule has 5 nitrogen and oxygen atoms in total. The van der Waals surface area contributed by atoms with E-state index in [2.05, 4.69) is 23.9 Å². The summed E-state index contributed by atoms with van der Waals surface area (Å²) in [4.78, 5) is 17.1. The molecule has 0 radical (unpaired) electrons. The maximum Gasteiger partial charge on any atom is 0.292 e. The van der Waals surface area contributed by atoms with Crippen molar-refractivity contribution in [3.63, 3.8) is 0 Å². The molecule has 0 N–H and O–H groups in total. The quantitative estimate of drug-likeness (QED) is 0.840. The third-order valence-corrected chi connectivity index (χ3v) is 4.96. The predicted octanol–water partition coefficient (Wildman–Crippen LogP) is 2.46. The van der Waals surface area contributed by atoms with Crippen LogP contribution in [0.15, 0.2) is 10.6 Å². The highest BCUT2D eigenvalue weighted by atomic mass is 16.5. The lowest BCUT2D eigenvalue weighted by Gasteiger charge is -2.41. The van der Waals surface area contributed by atoms with Crippen molar-refractivity contribution in [3.8, 4) is 0 Å². The lowest BCUT2D eigenvalue weighted by atomic mass is 10.0. The Balaban J connectivity index is 1.69. The average molecular weight is 291 g/mol. The third-order valence-electron chi connectivity index (χ3n) is 4.96. The SMILES string of the molecule is Cc1cc(C(=O)N2CCCC(N3C(C)CCC3C)C2)on1. The van der Waals surface area contributed by atoms with Gasteiger partial charge in [0, 0.05) is 37.3 Å². The van der Waals surface area contributed by atoms with Gasteiger partial charge in [0.25, 0.3) is 5.91 Å². The molecule has 3 heterocycles. The zero-order valence-corrected chi connectivity index (χ0v) is 13.2. The minimum absolute atomic E-state index is 0.0141. The van der Waals surface area contributed by atoms with Gasteiger partial charge in [-0.05, 0) is 46.5 Å². The molecule has 3 unspecified atom stereocenters. The minimum Gasteiger partial charge on any atom is -0.351 e. The van der Waals surface area contributed by atoms with E-state index in [1.54, 1.807) is 6.07 Å². The zero-order chi connectivity index (χ0) is 15.0. The summed E-state index contributed by atoms with van der Waals surface area (Å²) in [7, 11) is 0. The van der Waals surface area contributed by atoms with Crippen LogP contribution < -0.4 is 0 Å². The molecular formula is C16H25N3O2. The average Bonchev–Trinajstić information content (AvgIpc) is 3.04. The molecule has 1 aromatic heterocycles. The summed E-state index contributed by atoms with van der Waals surface area (Å²) < 4.78 is 5.13. The van der Waals surface area contributed by atoms with Gasteiger partial charge >= 0.3 is 0 Å². The van der Waals surface area contributed by atoms with Gasteiger partial charge in [0.05, 0.1) is 5.69 Å². The fraction of sp³-hybridized carbons (Fsp3) is 0.750. The number of piperidine rings is 1. The molecule has 0 spiro atoms. The molecule has 5 heteroatoms. The largest absolute Gasteiger partial charge is 0.351 e. The summed E-state index contributed by atoms with van der Waals surface area (Å²) in [5.74, 6) is 0.357. The number of hydrogen-bond donors (Lipinski definition) is 0. The topological polar surface area (TPSA) is 49.6 Å². The van der Waals surface area contributed by atoms with E-state index in [-0.39, 0.29) is 5.91 Å². The first-order valence-corrected chi connectivity index (χ1v) is 8.06. The Hall–Kier alpha value is -1.36. The van der Waals surface area contributed by atoms with E-state index in [0.29, 0.717) is 23.9 Å². The van der Waals surface area contributed by atoms with Crippen LogP contribution in [0, 0.1) is 6.92 Å². The molecule has 2 fully saturated rings. The molecule has 0 bridgehead atoms. The molecule has 1 aromatic rings. The van der Waals surface area contributed by atoms with Gasteiger partial charge in [0.15, 0.2) is 0 Å². The van der Waals surface area contributed by atoms with Crippen LogP contribution in [0.1, 0.15) is 55.8 Å². The van der Waals surface area contributed by atoms with Crippen molar-refractivity contribution in [1.29, 1.82) is 0 Å². The van der Waals surface area contributed by atoms with Crippen molar-refractivity contribution in [3.05, 3.63) is 17.5 Å². The van der Waals surface area contributed by atoms with Crippen molar-refractivity contribution in [2.45, 2.75) is 64.6 Å². The predicted molar refractivity (Wildman–Crippen MR) is 80.2 cm³/mol. The summed E-state index contributed by atoms with van der Waals surface area (Å²) in [6, 6.07) is 3.48. The Morgan fingerprint density at radius 2 is 2.00 bits per heavy atom. The first-order chi connectivity index (χ1) is 10.1. The van der Waals surface area contributed by atoms with Gasteiger partial charge in [0.1, 0.15) is 0 Å². The third kappa shape index (κ3) is 2.84. The number of aryl methyl sites for hydroxylation is 1. The fourth-order valence-electron chi connectivity index (χ4n) is 3.94. The lowest BCUT2D eigenvalue weighted by molar-refractivity contribution is 0.0456. The standard InChI is InChI=1S/C16H25N3O2/c1-11-9-15(21-17-11)16(20)18-8-4-5-14(10-18)19-12(2)6-7-13(19)3/h9,12-14H,4-8,10H2,1-3H3. The molecule has 3 rings (SSSR count). The second kappa shape index (κ2) is 5.79. The van der Waals surface area contributed by atoms with Gasteiger partial charge < -0.3 is 9.42 Å². The van der Waals surface area contributed by atoms with Crippen molar-refractivity contribution in [2.24, 2.45) is 0 Å². The number of carbonyl (C=O) groups excluding carboxylic acids is 1. The molecule has 0 saturated carbocycles. The van der Waals surface area contributed by atoms with E-state index in [0.717, 1.165) is 25.2 Å². The first kappa shape index (κ1) is 14.6. The second-order valence-corrected chi connectivity index (χ2v) is 6.60. The highest BCUT2D eigenvalue weighted by molar-refractivity contribution is 5.91. The highest BCUT2D eigenvalue weighted by Gasteiger charge is 2.36. The molecular weight excluding hydrogens is 266 g/mol. The number of likely N-dealkylation sites (tertiary alicyclic amines) is 2. The summed E-state index contributed by atoms with van der Waals surface area (Å²) in [5, 5.41) is 3.82. The number of carbonyl (C=O) groups is 1. The van der Waals surface area contributed by atoms with Gasteiger partial charge in [-0.2, -0.15) is 0 Å². The van der Waals surface area contributed by atoms with Crippen LogP contribution >= 0.6 is 0 Å². The normalized spacial score (nSPS) is 30.8. The summed E-state index contributed by atoms with van der Waals surface area (Å²) in [6.07, 6.45) is 4.80. The van der Waals surface area contributed by atoms with E-state index in [4.69, 9.17) is 4.52 Å². The van der Waals surface area contributed by atoms with Gasteiger partial charge in [-0.3, -0.25) is 9.69 Å². The lowest BCUT2D eigenvalue weighted by Crippen LogP contribution is -2.52. The zero-order valence-electron chi connectivity index (χ0n) is 13.2. The van der Waals surface area contributed by atoms with Gasteiger partial charge in [0.2, 0.25) is 5.76 Å². The molecule has 3 atom stereocenters. The van der Waals surface area contributed by atoms with Crippen LogP contribution in [0.2, 0.25) is 0 Å². The van der Waals surface area contributed by atoms with E-state index < -0.39 is 0 Å². The van der Waals surface area contributed by atoms with Crippen molar-refractivity contribution in [1.82, 2.24) is 15.0 Å². The van der Waals surface area contributed by atoms with Gasteiger partial charge in [-0.25, -0.2) is 0 Å². The monoisotopic (exact) mass is 291 g/mol. The number of hydrogen-bond acceptors (Lipinski definition) is 4. The van der Waals surface area contributed by atoms with Crippen molar-refractivity contribution >= 4 is 5.91 Å². The molecule has 0 aliphatic carbocycles. The van der Waals surface area contributed by atoms with Crippen LogP contribution in [0.25, 0.3) is 0 Å². The number of rotatable bonds is 2. The summed E-state index contributed by atoms with van der Waals surface area (Å²) in [6.45, 7) is 8.10. The van der Waals surface area contributed by atoms with Crippen LogP contribution in [0.4, 0.5) is 0 Å². The summed E-state index contributed by atoms with van der Waals surface area (Å²) in [5.41, 5.74) is 0.758. The smallest absolute Gasteiger partial charge is 0.292 e. The van der Waals surface area contributed by atoms with Crippen LogP contribution in [0.3, 0.4) is 0 Å².